The fraction of sp³-hybridized carbons (Fsp3) is 0.462. The van der Waals surface area contributed by atoms with Gasteiger partial charge in [0.05, 0.1) is 12.3 Å². The Kier molecular flexibility index (Phi) is 4.59. The molecule has 2 aromatic rings. The average Bonchev–Trinajstić information content (AvgIpc) is 2.80. The summed E-state index contributed by atoms with van der Waals surface area (Å²) in [5.41, 5.74) is 1.90. The number of nitrogens with zero attached hydrogens (tertiary/aromatic N) is 4. The molecule has 0 saturated carbocycles. The van der Waals surface area contributed by atoms with E-state index in [2.05, 4.69) is 20.3 Å². The van der Waals surface area contributed by atoms with Gasteiger partial charge in [0, 0.05) is 45.3 Å². The summed E-state index contributed by atoms with van der Waals surface area (Å²) in [7, 11) is 3.63. The van der Waals surface area contributed by atoms with E-state index in [9.17, 15) is 0 Å². The second-order valence-corrected chi connectivity index (χ2v) is 4.36. The molecule has 0 aliphatic rings. The van der Waals surface area contributed by atoms with Gasteiger partial charge in [0.2, 0.25) is 0 Å². The minimum atomic E-state index is 0.663. The van der Waals surface area contributed by atoms with Gasteiger partial charge in [-0.2, -0.15) is 0 Å². The number of methoxy groups -OCH3 is 1. The molecule has 0 fully saturated rings. The Labute approximate surface area is 112 Å². The summed E-state index contributed by atoms with van der Waals surface area (Å²) >= 11 is 0. The first-order chi connectivity index (χ1) is 9.20. The van der Waals surface area contributed by atoms with Crippen LogP contribution in [-0.2, 0) is 18.3 Å². The Morgan fingerprint density at radius 1 is 1.37 bits per heavy atom. The molecular weight excluding hydrogens is 242 g/mol. The van der Waals surface area contributed by atoms with Crippen molar-refractivity contribution in [1.82, 2.24) is 24.8 Å². The number of nitrogens with one attached hydrogen (secondary N) is 1. The predicted molar refractivity (Wildman–Crippen MR) is 72.6 cm³/mol. The van der Waals surface area contributed by atoms with E-state index in [1.54, 1.807) is 13.3 Å². The van der Waals surface area contributed by atoms with Gasteiger partial charge in [0.15, 0.2) is 11.6 Å². The van der Waals surface area contributed by atoms with Gasteiger partial charge in [0.25, 0.3) is 0 Å². The number of hydrogen-bond donors (Lipinski definition) is 1. The first kappa shape index (κ1) is 13.6. The van der Waals surface area contributed by atoms with Crippen LogP contribution >= 0.6 is 0 Å². The number of aryl methyl sites for hydroxylation is 2. The predicted octanol–water partition coefficient (Wildman–Crippen LogP) is 0.922. The summed E-state index contributed by atoms with van der Waals surface area (Å²) in [6.07, 6.45) is 3.63. The summed E-state index contributed by atoms with van der Waals surface area (Å²) in [5.74, 6) is 1.44. The van der Waals surface area contributed by atoms with E-state index in [1.807, 2.05) is 30.8 Å². The van der Waals surface area contributed by atoms with E-state index < -0.39 is 0 Å². The van der Waals surface area contributed by atoms with Crippen LogP contribution in [0.4, 0.5) is 0 Å². The normalized spacial score (nSPS) is 10.9. The molecule has 0 aliphatic heterocycles. The largest absolute Gasteiger partial charge is 0.383 e. The first-order valence-corrected chi connectivity index (χ1v) is 6.22. The zero-order valence-corrected chi connectivity index (χ0v) is 11.6. The monoisotopic (exact) mass is 261 g/mol. The van der Waals surface area contributed by atoms with Crippen LogP contribution in [0.2, 0.25) is 0 Å². The summed E-state index contributed by atoms with van der Waals surface area (Å²) in [6, 6.07) is 1.98. The van der Waals surface area contributed by atoms with Crippen molar-refractivity contribution in [2.75, 3.05) is 20.3 Å². The van der Waals surface area contributed by atoms with Gasteiger partial charge in [-0.05, 0) is 13.0 Å². The molecule has 102 valence electrons. The van der Waals surface area contributed by atoms with Crippen LogP contribution in [0, 0.1) is 6.92 Å². The lowest BCUT2D eigenvalue weighted by Gasteiger charge is -2.07. The Hall–Kier alpha value is -1.79. The van der Waals surface area contributed by atoms with E-state index >= 15 is 0 Å². The molecular formula is C13H19N5O. The number of ether oxygens (including phenoxy) is 1. The first-order valence-electron chi connectivity index (χ1n) is 6.22. The fourth-order valence-corrected chi connectivity index (χ4v) is 1.80. The lowest BCUT2D eigenvalue weighted by molar-refractivity contribution is 0.199. The number of hydrogen-bond acceptors (Lipinski definition) is 5. The maximum Gasteiger partial charge on any atom is 0.196 e. The lowest BCUT2D eigenvalue weighted by Crippen LogP contribution is -2.19. The van der Waals surface area contributed by atoms with E-state index in [0.29, 0.717) is 19.0 Å². The van der Waals surface area contributed by atoms with Gasteiger partial charge in [0.1, 0.15) is 0 Å². The molecule has 0 radical (unpaired) electrons. The third kappa shape index (κ3) is 3.59. The molecule has 1 N–H and O–H groups in total. The van der Waals surface area contributed by atoms with Crippen molar-refractivity contribution in [3.63, 3.8) is 0 Å². The molecule has 0 spiro atoms. The molecule has 2 aromatic heterocycles. The second-order valence-electron chi connectivity index (χ2n) is 4.36. The molecule has 0 aliphatic carbocycles. The van der Waals surface area contributed by atoms with E-state index in [-0.39, 0.29) is 0 Å². The highest BCUT2D eigenvalue weighted by molar-refractivity contribution is 5.44. The smallest absolute Gasteiger partial charge is 0.196 e. The Bertz CT molecular complexity index is 538. The maximum absolute atomic E-state index is 4.99. The Morgan fingerprint density at radius 3 is 2.89 bits per heavy atom. The lowest BCUT2D eigenvalue weighted by atomic mass is 10.3. The molecule has 0 bridgehead atoms. The summed E-state index contributed by atoms with van der Waals surface area (Å²) < 4.78 is 6.91. The van der Waals surface area contributed by atoms with Crippen LogP contribution in [0.3, 0.4) is 0 Å². The van der Waals surface area contributed by atoms with Crippen molar-refractivity contribution in [3.8, 4) is 11.6 Å². The Balaban J connectivity index is 2.13. The highest BCUT2D eigenvalue weighted by Gasteiger charge is 2.09. The zero-order valence-electron chi connectivity index (χ0n) is 11.6. The van der Waals surface area contributed by atoms with Crippen LogP contribution in [0.5, 0.6) is 0 Å². The minimum absolute atomic E-state index is 0.663. The highest BCUT2D eigenvalue weighted by Crippen LogP contribution is 2.12. The van der Waals surface area contributed by atoms with Crippen LogP contribution in [0.15, 0.2) is 18.5 Å². The van der Waals surface area contributed by atoms with E-state index in [1.165, 1.54) is 0 Å². The molecule has 2 heterocycles. The standard InChI is InChI=1S/C13H19N5O/c1-10-8-11(9-14-5-7-19-3)17-12(16-10)13-15-4-6-18(13)2/h4,6,8,14H,5,7,9H2,1-3H3. The van der Waals surface area contributed by atoms with Crippen molar-refractivity contribution in [2.45, 2.75) is 13.5 Å². The SMILES string of the molecule is COCCNCc1cc(C)nc(-c2nccn2C)n1. The van der Waals surface area contributed by atoms with Gasteiger partial charge < -0.3 is 14.6 Å². The van der Waals surface area contributed by atoms with Crippen molar-refractivity contribution in [1.29, 1.82) is 0 Å². The minimum Gasteiger partial charge on any atom is -0.383 e. The van der Waals surface area contributed by atoms with Gasteiger partial charge in [-0.3, -0.25) is 0 Å². The topological polar surface area (TPSA) is 64.9 Å². The number of rotatable bonds is 6. The molecule has 0 saturated heterocycles. The number of imidazole rings is 1. The van der Waals surface area contributed by atoms with Gasteiger partial charge in [-0.1, -0.05) is 0 Å². The third-order valence-electron chi connectivity index (χ3n) is 2.72. The van der Waals surface area contributed by atoms with Crippen LogP contribution in [0.25, 0.3) is 11.6 Å². The Morgan fingerprint density at radius 2 is 2.21 bits per heavy atom. The molecule has 2 rings (SSSR count). The molecule has 6 heteroatoms. The number of aromatic nitrogens is 4. The summed E-state index contributed by atoms with van der Waals surface area (Å²) in [5, 5.41) is 3.27. The van der Waals surface area contributed by atoms with Gasteiger partial charge in [-0.15, -0.1) is 0 Å². The van der Waals surface area contributed by atoms with Crippen LogP contribution in [-0.4, -0.2) is 39.8 Å². The van der Waals surface area contributed by atoms with Crippen LogP contribution in [0.1, 0.15) is 11.4 Å². The van der Waals surface area contributed by atoms with Crippen molar-refractivity contribution < 1.29 is 4.74 Å². The molecule has 0 atom stereocenters. The quantitative estimate of drug-likeness (QED) is 0.783. The van der Waals surface area contributed by atoms with Crippen molar-refractivity contribution >= 4 is 0 Å². The maximum atomic E-state index is 4.99. The van der Waals surface area contributed by atoms with Gasteiger partial charge >= 0.3 is 0 Å². The molecule has 19 heavy (non-hydrogen) atoms. The molecule has 6 nitrogen and oxygen atoms in total. The second kappa shape index (κ2) is 6.40. The summed E-state index contributed by atoms with van der Waals surface area (Å²) in [4.78, 5) is 13.2. The zero-order chi connectivity index (χ0) is 13.7. The van der Waals surface area contributed by atoms with Gasteiger partial charge in [-0.25, -0.2) is 15.0 Å². The van der Waals surface area contributed by atoms with E-state index in [4.69, 9.17) is 4.74 Å². The van der Waals surface area contributed by atoms with E-state index in [0.717, 1.165) is 23.8 Å². The summed E-state index contributed by atoms with van der Waals surface area (Å²) in [6.45, 7) is 4.16. The average molecular weight is 261 g/mol. The van der Waals surface area contributed by atoms with Crippen LogP contribution < -0.4 is 5.32 Å². The van der Waals surface area contributed by atoms with Crippen molar-refractivity contribution in [2.24, 2.45) is 7.05 Å². The molecule has 0 unspecified atom stereocenters. The molecule has 0 aromatic carbocycles. The highest BCUT2D eigenvalue weighted by atomic mass is 16.5. The third-order valence-corrected chi connectivity index (χ3v) is 2.72. The fourth-order valence-electron chi connectivity index (χ4n) is 1.80. The molecule has 0 amide bonds. The van der Waals surface area contributed by atoms with Crippen molar-refractivity contribution in [3.05, 3.63) is 29.8 Å².